The van der Waals surface area contributed by atoms with Crippen molar-refractivity contribution < 1.29 is 18.6 Å². The average molecular weight is 471 g/mol. The van der Waals surface area contributed by atoms with Gasteiger partial charge in [0.05, 0.1) is 19.9 Å². The summed E-state index contributed by atoms with van der Waals surface area (Å²) in [6.45, 7) is 2.03. The van der Waals surface area contributed by atoms with Gasteiger partial charge in [-0.25, -0.2) is 9.07 Å². The number of hydrogen-bond acceptors (Lipinski definition) is 6. The van der Waals surface area contributed by atoms with Crippen molar-refractivity contribution in [2.45, 2.75) is 19.1 Å². The van der Waals surface area contributed by atoms with Gasteiger partial charge in [-0.1, -0.05) is 29.8 Å². The van der Waals surface area contributed by atoms with Crippen LogP contribution in [0.2, 0.25) is 0 Å². The average Bonchev–Trinajstić information content (AvgIpc) is 3.35. The SMILES string of the molecule is COc1ccc(OC)c([C@@H]2Oc3ccc(C)cc3C3=C2[C@H](c2ccccc2F)n2ncnc2N3)c1. The molecule has 8 heteroatoms. The number of fused-ring (bicyclic) bond motifs is 3. The zero-order valence-corrected chi connectivity index (χ0v) is 19.4. The molecule has 0 fully saturated rings. The molecule has 0 bridgehead atoms. The third-order valence-electron chi connectivity index (χ3n) is 6.49. The van der Waals surface area contributed by atoms with Crippen molar-refractivity contribution in [1.82, 2.24) is 14.8 Å². The maximum atomic E-state index is 15.3. The van der Waals surface area contributed by atoms with Crippen molar-refractivity contribution in [3.63, 3.8) is 0 Å². The van der Waals surface area contributed by atoms with Crippen molar-refractivity contribution in [2.24, 2.45) is 0 Å². The van der Waals surface area contributed by atoms with Crippen molar-refractivity contribution in [3.8, 4) is 17.2 Å². The first-order valence-corrected chi connectivity index (χ1v) is 11.2. The summed E-state index contributed by atoms with van der Waals surface area (Å²) in [6, 6.07) is 17.7. The molecule has 2 aliphatic heterocycles. The van der Waals surface area contributed by atoms with E-state index in [2.05, 4.69) is 21.5 Å². The lowest BCUT2D eigenvalue weighted by Gasteiger charge is -2.39. The highest BCUT2D eigenvalue weighted by molar-refractivity contribution is 5.85. The molecule has 1 N–H and O–H groups in total. The van der Waals surface area contributed by atoms with Crippen molar-refractivity contribution in [3.05, 3.63) is 101 Å². The van der Waals surface area contributed by atoms with Gasteiger partial charge in [-0.2, -0.15) is 10.1 Å². The highest BCUT2D eigenvalue weighted by Crippen LogP contribution is 2.52. The number of ether oxygens (including phenoxy) is 3. The lowest BCUT2D eigenvalue weighted by molar-refractivity contribution is 0.216. The van der Waals surface area contributed by atoms with Gasteiger partial charge in [-0.3, -0.25) is 0 Å². The Balaban J connectivity index is 1.67. The molecule has 0 spiro atoms. The molecule has 0 aliphatic carbocycles. The van der Waals surface area contributed by atoms with E-state index in [4.69, 9.17) is 14.2 Å². The van der Waals surface area contributed by atoms with Crippen molar-refractivity contribution in [2.75, 3.05) is 19.5 Å². The summed E-state index contributed by atoms with van der Waals surface area (Å²) < 4.78 is 34.9. The first kappa shape index (κ1) is 21.2. The van der Waals surface area contributed by atoms with Crippen LogP contribution in [0.15, 0.2) is 72.6 Å². The minimum absolute atomic E-state index is 0.334. The molecule has 6 rings (SSSR count). The van der Waals surface area contributed by atoms with Crippen LogP contribution >= 0.6 is 0 Å². The molecule has 0 unspecified atom stereocenters. The van der Waals surface area contributed by atoms with E-state index in [-0.39, 0.29) is 5.82 Å². The molecule has 0 radical (unpaired) electrons. The van der Waals surface area contributed by atoms with Crippen LogP contribution in [-0.4, -0.2) is 29.0 Å². The summed E-state index contributed by atoms with van der Waals surface area (Å²) in [5, 5.41) is 7.90. The molecule has 176 valence electrons. The lowest BCUT2D eigenvalue weighted by Crippen LogP contribution is -2.33. The molecule has 2 atom stereocenters. The number of nitrogens with zero attached hydrogens (tertiary/aromatic N) is 3. The van der Waals surface area contributed by atoms with Crippen LogP contribution in [0.4, 0.5) is 10.3 Å². The van der Waals surface area contributed by atoms with Crippen LogP contribution < -0.4 is 19.5 Å². The highest BCUT2D eigenvalue weighted by Gasteiger charge is 2.42. The van der Waals surface area contributed by atoms with E-state index >= 15 is 4.39 Å². The molecule has 1 aromatic heterocycles. The number of methoxy groups -OCH3 is 2. The predicted molar refractivity (Wildman–Crippen MR) is 129 cm³/mol. The molecule has 0 saturated carbocycles. The number of benzene rings is 3. The maximum absolute atomic E-state index is 15.3. The second-order valence-electron chi connectivity index (χ2n) is 8.51. The zero-order valence-electron chi connectivity index (χ0n) is 19.4. The second kappa shape index (κ2) is 8.16. The number of aryl methyl sites for hydroxylation is 1. The van der Waals surface area contributed by atoms with Crippen molar-refractivity contribution >= 4 is 11.6 Å². The molecule has 4 aromatic rings. The molecule has 2 aliphatic rings. The largest absolute Gasteiger partial charge is 0.497 e. The van der Waals surface area contributed by atoms with Gasteiger partial charge in [0, 0.05) is 22.3 Å². The number of hydrogen-bond donors (Lipinski definition) is 1. The monoisotopic (exact) mass is 470 g/mol. The smallest absolute Gasteiger partial charge is 0.226 e. The van der Waals surface area contributed by atoms with Crippen LogP contribution in [0.25, 0.3) is 5.70 Å². The van der Waals surface area contributed by atoms with E-state index in [1.54, 1.807) is 31.0 Å². The van der Waals surface area contributed by atoms with Gasteiger partial charge >= 0.3 is 0 Å². The summed E-state index contributed by atoms with van der Waals surface area (Å²) in [5.74, 6) is 2.20. The van der Waals surface area contributed by atoms with Gasteiger partial charge in [-0.05, 0) is 43.3 Å². The van der Waals surface area contributed by atoms with Gasteiger partial charge in [0.25, 0.3) is 0 Å². The van der Waals surface area contributed by atoms with E-state index in [1.807, 2.05) is 43.3 Å². The van der Waals surface area contributed by atoms with E-state index < -0.39 is 12.1 Å². The van der Waals surface area contributed by atoms with Crippen LogP contribution in [-0.2, 0) is 0 Å². The number of anilines is 1. The normalized spacial score (nSPS) is 18.1. The molecule has 3 aromatic carbocycles. The summed E-state index contributed by atoms with van der Waals surface area (Å²) in [4.78, 5) is 4.41. The Morgan fingerprint density at radius 1 is 1.00 bits per heavy atom. The topological polar surface area (TPSA) is 70.4 Å². The fourth-order valence-corrected chi connectivity index (χ4v) is 4.88. The van der Waals surface area contributed by atoms with Gasteiger partial charge in [-0.15, -0.1) is 0 Å². The third-order valence-corrected chi connectivity index (χ3v) is 6.49. The summed E-state index contributed by atoms with van der Waals surface area (Å²) in [7, 11) is 3.23. The highest BCUT2D eigenvalue weighted by atomic mass is 19.1. The Kier molecular flexibility index (Phi) is 4.95. The Hall–Kier alpha value is -4.33. The Morgan fingerprint density at radius 3 is 2.66 bits per heavy atom. The first-order chi connectivity index (χ1) is 17.1. The number of nitrogens with one attached hydrogen (secondary N) is 1. The van der Waals surface area contributed by atoms with Crippen LogP contribution in [0.5, 0.6) is 17.2 Å². The van der Waals surface area contributed by atoms with Gasteiger partial charge in [0.1, 0.15) is 35.4 Å². The van der Waals surface area contributed by atoms with E-state index in [9.17, 15) is 0 Å². The van der Waals surface area contributed by atoms with Crippen molar-refractivity contribution in [1.29, 1.82) is 0 Å². The summed E-state index contributed by atoms with van der Waals surface area (Å²) in [6.07, 6.45) is 0.855. The number of rotatable bonds is 4. The van der Waals surface area contributed by atoms with Gasteiger partial charge < -0.3 is 19.5 Å². The molecule has 3 heterocycles. The quantitative estimate of drug-likeness (QED) is 0.436. The van der Waals surface area contributed by atoms with E-state index in [0.717, 1.165) is 28.0 Å². The third kappa shape index (κ3) is 3.32. The Labute approximate surface area is 201 Å². The summed E-state index contributed by atoms with van der Waals surface area (Å²) in [5.41, 5.74) is 4.81. The van der Waals surface area contributed by atoms with E-state index in [1.165, 1.54) is 12.4 Å². The number of aromatic nitrogens is 3. The summed E-state index contributed by atoms with van der Waals surface area (Å²) >= 11 is 0. The fourth-order valence-electron chi connectivity index (χ4n) is 4.88. The molecule has 35 heavy (non-hydrogen) atoms. The maximum Gasteiger partial charge on any atom is 0.226 e. The zero-order chi connectivity index (χ0) is 24.1. The fraction of sp³-hybridized carbons (Fsp3) is 0.185. The second-order valence-corrected chi connectivity index (χ2v) is 8.51. The first-order valence-electron chi connectivity index (χ1n) is 11.2. The molecular weight excluding hydrogens is 447 g/mol. The van der Waals surface area contributed by atoms with Crippen LogP contribution in [0, 0.1) is 12.7 Å². The Bertz CT molecular complexity index is 1480. The predicted octanol–water partition coefficient (Wildman–Crippen LogP) is 5.30. The number of halogens is 1. The Morgan fingerprint density at radius 2 is 1.86 bits per heavy atom. The van der Waals surface area contributed by atoms with Gasteiger partial charge in [0.15, 0.2) is 6.10 Å². The molecule has 0 amide bonds. The minimum Gasteiger partial charge on any atom is -0.497 e. The minimum atomic E-state index is -0.611. The molecular formula is C27H23FN4O3. The molecule has 7 nitrogen and oxygen atoms in total. The van der Waals surface area contributed by atoms with Crippen LogP contribution in [0.1, 0.15) is 34.4 Å². The van der Waals surface area contributed by atoms with E-state index in [0.29, 0.717) is 28.8 Å². The lowest BCUT2D eigenvalue weighted by atomic mass is 9.84. The standard InChI is InChI=1S/C27H23FN4O3/c1-15-8-10-22-18(12-15)24-23(26(35-22)19-13-16(33-2)9-11-21(19)34-3)25(17-6-4-5-7-20(17)28)32-27(31-24)29-14-30-32/h4-14,25-26H,1-3H3,(H,29,30,31)/t25-,26-/m0/s1. The molecule has 0 saturated heterocycles. The van der Waals surface area contributed by atoms with Gasteiger partial charge in [0.2, 0.25) is 5.95 Å². The van der Waals surface area contributed by atoms with Crippen LogP contribution in [0.3, 0.4) is 0 Å².